The first-order valence-corrected chi connectivity index (χ1v) is 9.65. The van der Waals surface area contributed by atoms with Crippen molar-refractivity contribution in [2.75, 3.05) is 0 Å². The van der Waals surface area contributed by atoms with Crippen LogP contribution in [0.3, 0.4) is 0 Å². The number of ether oxygens (including phenoxy) is 1. The zero-order chi connectivity index (χ0) is 21.0. The number of nitrogens with zero attached hydrogens (tertiary/aromatic N) is 3. The minimum Gasteiger partial charge on any atom is -0.433 e. The van der Waals surface area contributed by atoms with Gasteiger partial charge in [-0.25, -0.2) is 4.79 Å². The maximum absolute atomic E-state index is 12.0. The number of alkyl carbamates (subject to hydrolysis) is 1. The molecule has 0 bridgehead atoms. The minimum absolute atomic E-state index is 0.199. The van der Waals surface area contributed by atoms with Crippen molar-refractivity contribution in [3.63, 3.8) is 0 Å². The molecule has 2 aromatic carbocycles. The largest absolute Gasteiger partial charge is 0.433 e. The van der Waals surface area contributed by atoms with Crippen molar-refractivity contribution in [2.45, 2.75) is 12.1 Å². The third-order valence-electron chi connectivity index (χ3n) is 4.76. The smallest absolute Gasteiger partial charge is 0.408 e. The SMILES string of the molecule is O=C1N[C@@H](c2cccc(C#Cc3ccccc3)c2)[C@H](c2nc(-c3ccccn3)no2)O1. The zero-order valence-electron chi connectivity index (χ0n) is 16.2. The molecule has 0 unspecified atom stereocenters. The summed E-state index contributed by atoms with van der Waals surface area (Å²) in [5, 5.41) is 6.79. The Morgan fingerprint density at radius 3 is 2.55 bits per heavy atom. The lowest BCUT2D eigenvalue weighted by molar-refractivity contribution is 0.108. The van der Waals surface area contributed by atoms with Gasteiger partial charge in [0.15, 0.2) is 0 Å². The molecule has 31 heavy (non-hydrogen) atoms. The predicted octanol–water partition coefficient (Wildman–Crippen LogP) is 4.05. The average molecular weight is 408 g/mol. The fraction of sp³-hybridized carbons (Fsp3) is 0.0833. The minimum atomic E-state index is -0.755. The summed E-state index contributed by atoms with van der Waals surface area (Å²) in [6.45, 7) is 0. The van der Waals surface area contributed by atoms with Crippen LogP contribution in [0.15, 0.2) is 83.5 Å². The predicted molar refractivity (Wildman–Crippen MR) is 111 cm³/mol. The van der Waals surface area contributed by atoms with Gasteiger partial charge in [-0.3, -0.25) is 4.98 Å². The summed E-state index contributed by atoms with van der Waals surface area (Å²) in [6.07, 6.45) is 0.343. The Morgan fingerprint density at radius 2 is 1.71 bits per heavy atom. The van der Waals surface area contributed by atoms with E-state index in [9.17, 15) is 4.79 Å². The number of carbonyl (C=O) groups is 1. The number of cyclic esters (lactones) is 1. The molecule has 4 aromatic rings. The molecule has 0 radical (unpaired) electrons. The molecule has 150 valence electrons. The van der Waals surface area contributed by atoms with E-state index >= 15 is 0 Å². The highest BCUT2D eigenvalue weighted by atomic mass is 16.6. The molecule has 2 atom stereocenters. The number of pyridine rings is 1. The fourth-order valence-electron chi connectivity index (χ4n) is 3.30. The first kappa shape index (κ1) is 18.6. The third kappa shape index (κ3) is 4.00. The molecule has 1 N–H and O–H groups in total. The summed E-state index contributed by atoms with van der Waals surface area (Å²) >= 11 is 0. The van der Waals surface area contributed by atoms with Crippen LogP contribution in [0, 0.1) is 11.8 Å². The van der Waals surface area contributed by atoms with E-state index in [4.69, 9.17) is 9.26 Å². The summed E-state index contributed by atoms with van der Waals surface area (Å²) in [6, 6.07) is 22.3. The van der Waals surface area contributed by atoms with E-state index in [2.05, 4.69) is 32.3 Å². The van der Waals surface area contributed by atoms with Crippen LogP contribution >= 0.6 is 0 Å². The Kier molecular flexibility index (Phi) is 4.87. The molecule has 3 heterocycles. The second kappa shape index (κ2) is 8.13. The molecule has 1 aliphatic rings. The van der Waals surface area contributed by atoms with E-state index in [0.717, 1.165) is 16.7 Å². The van der Waals surface area contributed by atoms with Crippen LogP contribution in [0.2, 0.25) is 0 Å². The summed E-state index contributed by atoms with van der Waals surface area (Å²) in [5.74, 6) is 6.82. The first-order chi connectivity index (χ1) is 15.3. The van der Waals surface area contributed by atoms with Crippen molar-refractivity contribution >= 4 is 6.09 Å². The van der Waals surface area contributed by atoms with Crippen molar-refractivity contribution in [2.24, 2.45) is 0 Å². The average Bonchev–Trinajstić information content (AvgIpc) is 3.46. The van der Waals surface area contributed by atoms with Crippen molar-refractivity contribution in [1.29, 1.82) is 0 Å². The van der Waals surface area contributed by atoms with Gasteiger partial charge in [0, 0.05) is 17.3 Å². The van der Waals surface area contributed by atoms with Gasteiger partial charge in [0.25, 0.3) is 5.89 Å². The Labute approximate surface area is 178 Å². The molecule has 0 aliphatic carbocycles. The molecule has 5 rings (SSSR count). The van der Waals surface area contributed by atoms with E-state index < -0.39 is 18.2 Å². The molecule has 0 spiro atoms. The van der Waals surface area contributed by atoms with Gasteiger partial charge in [0.2, 0.25) is 11.9 Å². The molecule has 1 aliphatic heterocycles. The fourth-order valence-corrected chi connectivity index (χ4v) is 3.30. The van der Waals surface area contributed by atoms with E-state index in [-0.39, 0.29) is 5.89 Å². The molecular weight excluding hydrogens is 392 g/mol. The van der Waals surface area contributed by atoms with Gasteiger partial charge in [-0.05, 0) is 42.0 Å². The number of hydrogen-bond acceptors (Lipinski definition) is 6. The van der Waals surface area contributed by atoms with Crippen LogP contribution in [0.5, 0.6) is 0 Å². The Hall–Kier alpha value is -4.44. The van der Waals surface area contributed by atoms with Gasteiger partial charge >= 0.3 is 6.09 Å². The second-order valence-electron chi connectivity index (χ2n) is 6.86. The van der Waals surface area contributed by atoms with E-state index in [1.807, 2.05) is 60.7 Å². The van der Waals surface area contributed by atoms with Gasteiger partial charge in [0.1, 0.15) is 11.7 Å². The molecular formula is C24H16N4O3. The van der Waals surface area contributed by atoms with E-state index in [1.165, 1.54) is 0 Å². The molecule has 1 amide bonds. The molecule has 1 fully saturated rings. The van der Waals surface area contributed by atoms with E-state index in [0.29, 0.717) is 11.5 Å². The highest BCUT2D eigenvalue weighted by Crippen LogP contribution is 2.36. The molecule has 2 aromatic heterocycles. The number of benzene rings is 2. The van der Waals surface area contributed by atoms with Gasteiger partial charge in [0.05, 0.1) is 0 Å². The first-order valence-electron chi connectivity index (χ1n) is 9.65. The monoisotopic (exact) mass is 408 g/mol. The van der Waals surface area contributed by atoms with Crippen LogP contribution in [0.25, 0.3) is 11.5 Å². The van der Waals surface area contributed by atoms with Crippen LogP contribution in [0.4, 0.5) is 4.79 Å². The molecule has 7 nitrogen and oxygen atoms in total. The summed E-state index contributed by atoms with van der Waals surface area (Å²) in [7, 11) is 0. The van der Waals surface area contributed by atoms with Crippen LogP contribution in [-0.4, -0.2) is 21.2 Å². The quantitative estimate of drug-likeness (QED) is 0.514. The van der Waals surface area contributed by atoms with Crippen molar-refractivity contribution in [1.82, 2.24) is 20.4 Å². The third-order valence-corrected chi connectivity index (χ3v) is 4.76. The van der Waals surface area contributed by atoms with Crippen LogP contribution in [-0.2, 0) is 4.74 Å². The Balaban J connectivity index is 1.43. The summed E-state index contributed by atoms with van der Waals surface area (Å²) in [5.41, 5.74) is 3.15. The number of hydrogen-bond donors (Lipinski definition) is 1. The topological polar surface area (TPSA) is 90.1 Å². The molecule has 0 saturated carbocycles. The Bertz CT molecular complexity index is 1280. The Morgan fingerprint density at radius 1 is 0.903 bits per heavy atom. The van der Waals surface area contributed by atoms with Gasteiger partial charge in [-0.2, -0.15) is 4.98 Å². The maximum Gasteiger partial charge on any atom is 0.408 e. The lowest BCUT2D eigenvalue weighted by atomic mass is 10.00. The number of nitrogens with one attached hydrogen (secondary N) is 1. The van der Waals surface area contributed by atoms with Crippen molar-refractivity contribution < 1.29 is 14.1 Å². The van der Waals surface area contributed by atoms with Gasteiger partial charge in [-0.1, -0.05) is 53.4 Å². The van der Waals surface area contributed by atoms with Crippen LogP contribution in [0.1, 0.15) is 34.7 Å². The second-order valence-corrected chi connectivity index (χ2v) is 6.86. The van der Waals surface area contributed by atoms with Crippen LogP contribution < -0.4 is 5.32 Å². The summed E-state index contributed by atoms with van der Waals surface area (Å²) < 4.78 is 10.8. The van der Waals surface area contributed by atoms with Crippen molar-refractivity contribution in [3.8, 4) is 23.4 Å². The normalized spacial score (nSPS) is 17.4. The van der Waals surface area contributed by atoms with E-state index in [1.54, 1.807) is 18.3 Å². The van der Waals surface area contributed by atoms with Crippen molar-refractivity contribution in [3.05, 3.63) is 102 Å². The standard InChI is InChI=1S/C24H16N4O3/c29-24-26-20(18-10-6-9-17(15-18)13-12-16-7-2-1-3-8-16)21(30-24)23-27-22(28-31-23)19-11-4-5-14-25-19/h1-11,14-15,20-21H,(H,26,29)/t20-,21+/m0/s1. The number of rotatable bonds is 3. The highest BCUT2D eigenvalue weighted by Gasteiger charge is 2.40. The lowest BCUT2D eigenvalue weighted by Crippen LogP contribution is -2.19. The highest BCUT2D eigenvalue weighted by molar-refractivity contribution is 5.71. The maximum atomic E-state index is 12.0. The molecule has 1 saturated heterocycles. The zero-order valence-corrected chi connectivity index (χ0v) is 16.2. The lowest BCUT2D eigenvalue weighted by Gasteiger charge is -2.14. The number of amides is 1. The van der Waals surface area contributed by atoms with Gasteiger partial charge in [-0.15, -0.1) is 0 Å². The number of carbonyl (C=O) groups excluding carboxylic acids is 1. The van der Waals surface area contributed by atoms with Gasteiger partial charge < -0.3 is 14.6 Å². The molecule has 7 heteroatoms. The summed E-state index contributed by atoms with van der Waals surface area (Å²) in [4.78, 5) is 20.6. The number of aromatic nitrogens is 3.